The molecule has 4 nitrogen and oxygen atoms in total. The predicted molar refractivity (Wildman–Crippen MR) is 91.2 cm³/mol. The van der Waals surface area contributed by atoms with Crippen molar-refractivity contribution >= 4 is 23.5 Å². The highest BCUT2D eigenvalue weighted by molar-refractivity contribution is 5.71. The summed E-state index contributed by atoms with van der Waals surface area (Å²) in [5.41, 5.74) is 4.67. The highest BCUT2D eigenvalue weighted by atomic mass is 16.1. The van der Waals surface area contributed by atoms with Gasteiger partial charge in [0.15, 0.2) is 0 Å². The van der Waals surface area contributed by atoms with Crippen LogP contribution in [-0.2, 0) is 27.8 Å². The van der Waals surface area contributed by atoms with Gasteiger partial charge < -0.3 is 0 Å². The van der Waals surface area contributed by atoms with Crippen LogP contribution in [0.3, 0.4) is 0 Å². The number of unbranched alkanes of at least 4 members (excludes halogenated alkanes) is 3. The van der Waals surface area contributed by atoms with E-state index in [2.05, 4.69) is 30.8 Å². The van der Waals surface area contributed by atoms with Crippen LogP contribution in [0, 0.1) is 0 Å². The standard InChI is InChI=1S/C19H24N2O2/c1-4-5-6-7-8-14-15-9-10-19(2,3)18(15)17(21-13-23)11-16(14)20-12-22/h11H,4-10H2,1-3H3. The van der Waals surface area contributed by atoms with Crippen molar-refractivity contribution in [1.82, 2.24) is 0 Å². The Hall–Kier alpha value is -2.02. The lowest BCUT2D eigenvalue weighted by molar-refractivity contribution is 0.523. The van der Waals surface area contributed by atoms with Crippen LogP contribution in [0.25, 0.3) is 0 Å². The van der Waals surface area contributed by atoms with Gasteiger partial charge in [0.2, 0.25) is 12.2 Å². The molecule has 4 heteroatoms. The van der Waals surface area contributed by atoms with Crippen molar-refractivity contribution < 1.29 is 9.59 Å². The van der Waals surface area contributed by atoms with E-state index < -0.39 is 0 Å². The van der Waals surface area contributed by atoms with E-state index in [-0.39, 0.29) is 5.41 Å². The quantitative estimate of drug-likeness (QED) is 0.405. The molecule has 1 aromatic carbocycles. The number of carbonyl (C=O) groups excluding carboxylic acids is 2. The van der Waals surface area contributed by atoms with Gasteiger partial charge >= 0.3 is 0 Å². The molecule has 0 unspecified atom stereocenters. The number of hydrogen-bond donors (Lipinski definition) is 0. The minimum atomic E-state index is -0.0212. The topological polar surface area (TPSA) is 58.9 Å². The molecule has 0 amide bonds. The van der Waals surface area contributed by atoms with Crippen molar-refractivity contribution in [2.75, 3.05) is 0 Å². The molecule has 2 rings (SSSR count). The van der Waals surface area contributed by atoms with Crippen LogP contribution in [0.15, 0.2) is 16.1 Å². The minimum Gasteiger partial charge on any atom is -0.211 e. The number of fused-ring (bicyclic) bond motifs is 1. The number of nitrogens with zero attached hydrogens (tertiary/aromatic N) is 2. The monoisotopic (exact) mass is 312 g/mol. The summed E-state index contributed by atoms with van der Waals surface area (Å²) >= 11 is 0. The Morgan fingerprint density at radius 1 is 1.09 bits per heavy atom. The first-order valence-electron chi connectivity index (χ1n) is 8.40. The van der Waals surface area contributed by atoms with Gasteiger partial charge in [-0.2, -0.15) is 9.98 Å². The van der Waals surface area contributed by atoms with E-state index in [0.717, 1.165) is 36.8 Å². The van der Waals surface area contributed by atoms with E-state index in [0.29, 0.717) is 11.4 Å². The van der Waals surface area contributed by atoms with Crippen LogP contribution in [-0.4, -0.2) is 12.2 Å². The lowest BCUT2D eigenvalue weighted by Crippen LogP contribution is -2.12. The second-order valence-corrected chi connectivity index (χ2v) is 6.85. The number of rotatable bonds is 7. The van der Waals surface area contributed by atoms with Crippen molar-refractivity contribution in [3.63, 3.8) is 0 Å². The third kappa shape index (κ3) is 3.67. The predicted octanol–water partition coefficient (Wildman–Crippen LogP) is 4.97. The maximum Gasteiger partial charge on any atom is 0.240 e. The number of hydrogen-bond acceptors (Lipinski definition) is 4. The Morgan fingerprint density at radius 3 is 2.43 bits per heavy atom. The molecule has 0 radical (unpaired) electrons. The molecule has 0 saturated heterocycles. The van der Waals surface area contributed by atoms with E-state index >= 15 is 0 Å². The van der Waals surface area contributed by atoms with Crippen molar-refractivity contribution in [3.8, 4) is 0 Å². The average Bonchev–Trinajstić information content (AvgIpc) is 2.82. The maximum atomic E-state index is 10.8. The molecular formula is C19H24N2O2. The molecular weight excluding hydrogens is 288 g/mol. The normalized spacial score (nSPS) is 14.7. The highest BCUT2D eigenvalue weighted by Crippen LogP contribution is 2.48. The first-order valence-corrected chi connectivity index (χ1v) is 8.40. The largest absolute Gasteiger partial charge is 0.240 e. The molecule has 0 fully saturated rings. The second kappa shape index (κ2) is 7.50. The van der Waals surface area contributed by atoms with E-state index in [4.69, 9.17) is 0 Å². The molecule has 122 valence electrons. The maximum absolute atomic E-state index is 10.8. The Labute approximate surface area is 137 Å². The lowest BCUT2D eigenvalue weighted by atomic mass is 9.84. The molecule has 1 aliphatic rings. The fourth-order valence-electron chi connectivity index (χ4n) is 3.64. The van der Waals surface area contributed by atoms with Crippen molar-refractivity contribution in [3.05, 3.63) is 22.8 Å². The molecule has 0 atom stereocenters. The molecule has 0 aliphatic heterocycles. The van der Waals surface area contributed by atoms with Crippen molar-refractivity contribution in [1.29, 1.82) is 0 Å². The van der Waals surface area contributed by atoms with Crippen molar-refractivity contribution in [2.24, 2.45) is 9.98 Å². The second-order valence-electron chi connectivity index (χ2n) is 6.85. The summed E-state index contributed by atoms with van der Waals surface area (Å²) in [7, 11) is 0. The van der Waals surface area contributed by atoms with Gasteiger partial charge in [-0.3, -0.25) is 0 Å². The highest BCUT2D eigenvalue weighted by Gasteiger charge is 2.35. The first-order chi connectivity index (χ1) is 11.0. The van der Waals surface area contributed by atoms with E-state index in [1.54, 1.807) is 18.2 Å². The van der Waals surface area contributed by atoms with Crippen LogP contribution in [0.5, 0.6) is 0 Å². The summed E-state index contributed by atoms with van der Waals surface area (Å²) in [6.07, 6.45) is 10.8. The van der Waals surface area contributed by atoms with E-state index in [9.17, 15) is 9.59 Å². The van der Waals surface area contributed by atoms with E-state index in [1.165, 1.54) is 24.8 Å². The number of isocyanates is 2. The van der Waals surface area contributed by atoms with Gasteiger partial charge in [-0.15, -0.1) is 0 Å². The van der Waals surface area contributed by atoms with Crippen LogP contribution in [0.1, 0.15) is 69.6 Å². The van der Waals surface area contributed by atoms with E-state index in [1.807, 2.05) is 0 Å². The Kier molecular flexibility index (Phi) is 5.65. The number of aliphatic imine (C=N–C) groups is 2. The minimum absolute atomic E-state index is 0.0212. The van der Waals surface area contributed by atoms with Crippen molar-refractivity contribution in [2.45, 2.75) is 71.1 Å². The average molecular weight is 312 g/mol. The van der Waals surface area contributed by atoms with Gasteiger partial charge in [0.1, 0.15) is 0 Å². The fourth-order valence-corrected chi connectivity index (χ4v) is 3.64. The summed E-state index contributed by atoms with van der Waals surface area (Å²) in [5, 5.41) is 0. The molecule has 0 aromatic heterocycles. The van der Waals surface area contributed by atoms with Gasteiger partial charge in [-0.25, -0.2) is 9.59 Å². The molecule has 0 spiro atoms. The Balaban J connectivity index is 2.53. The molecule has 23 heavy (non-hydrogen) atoms. The van der Waals surface area contributed by atoms with Gasteiger partial charge in [-0.1, -0.05) is 40.0 Å². The fraction of sp³-hybridized carbons (Fsp3) is 0.579. The first kappa shape index (κ1) is 17.3. The van der Waals surface area contributed by atoms with Gasteiger partial charge in [-0.05, 0) is 53.9 Å². The van der Waals surface area contributed by atoms with Crippen LogP contribution >= 0.6 is 0 Å². The summed E-state index contributed by atoms with van der Waals surface area (Å²) in [6.45, 7) is 6.53. The number of benzene rings is 1. The van der Waals surface area contributed by atoms with Crippen LogP contribution in [0.2, 0.25) is 0 Å². The summed E-state index contributed by atoms with van der Waals surface area (Å²) in [6, 6.07) is 1.75. The molecule has 0 saturated carbocycles. The van der Waals surface area contributed by atoms with Crippen LogP contribution in [0.4, 0.5) is 11.4 Å². The third-order valence-electron chi connectivity index (χ3n) is 4.79. The van der Waals surface area contributed by atoms with Gasteiger partial charge in [0.25, 0.3) is 0 Å². The molecule has 0 N–H and O–H groups in total. The zero-order valence-electron chi connectivity index (χ0n) is 14.2. The molecule has 1 aliphatic carbocycles. The zero-order valence-corrected chi connectivity index (χ0v) is 14.2. The zero-order chi connectivity index (χ0) is 16.9. The SMILES string of the molecule is CCCCCCc1c(N=C=O)cc(N=C=O)c2c1CCC2(C)C. The summed E-state index contributed by atoms with van der Waals surface area (Å²) in [4.78, 5) is 29.3. The Bertz CT molecular complexity index is 679. The molecule has 1 aromatic rings. The smallest absolute Gasteiger partial charge is 0.211 e. The summed E-state index contributed by atoms with van der Waals surface area (Å²) < 4.78 is 0. The van der Waals surface area contributed by atoms with Gasteiger partial charge in [0.05, 0.1) is 11.4 Å². The molecule has 0 heterocycles. The third-order valence-corrected chi connectivity index (χ3v) is 4.79. The molecule has 0 bridgehead atoms. The summed E-state index contributed by atoms with van der Waals surface area (Å²) in [5.74, 6) is 0. The van der Waals surface area contributed by atoms with Gasteiger partial charge in [0, 0.05) is 0 Å². The Morgan fingerprint density at radius 2 is 1.78 bits per heavy atom. The van der Waals surface area contributed by atoms with Crippen LogP contribution < -0.4 is 0 Å². The lowest BCUT2D eigenvalue weighted by Gasteiger charge is -2.22.